The van der Waals surface area contributed by atoms with E-state index >= 15 is 0 Å². The SMILES string of the molecule is CC[n+]1ccn2c3ccccc3n3ccnc3c21. The molecule has 3 aromatic heterocycles. The molecule has 0 fully saturated rings. The minimum Gasteiger partial charge on any atom is -0.289 e. The molecule has 0 amide bonds. The zero-order valence-corrected chi connectivity index (χ0v) is 10.1. The molecule has 0 N–H and O–H groups in total. The van der Waals surface area contributed by atoms with Crippen LogP contribution in [0, 0.1) is 0 Å². The Bertz CT molecular complexity index is 869. The first-order chi connectivity index (χ1) is 8.90. The smallest absolute Gasteiger partial charge is 0.289 e. The Kier molecular flexibility index (Phi) is 1.78. The van der Waals surface area contributed by atoms with Crippen molar-refractivity contribution >= 4 is 22.3 Å². The molecule has 0 aliphatic carbocycles. The highest BCUT2D eigenvalue weighted by atomic mass is 15.2. The first-order valence-electron chi connectivity index (χ1n) is 6.14. The molecule has 0 aliphatic heterocycles. The minimum atomic E-state index is 0.942. The Hall–Kier alpha value is -2.36. The summed E-state index contributed by atoms with van der Waals surface area (Å²) < 4.78 is 6.58. The van der Waals surface area contributed by atoms with Gasteiger partial charge in [0.15, 0.2) is 5.52 Å². The zero-order chi connectivity index (χ0) is 12.1. The van der Waals surface area contributed by atoms with E-state index in [1.165, 1.54) is 11.0 Å². The Balaban J connectivity index is 2.41. The molecule has 0 spiro atoms. The lowest BCUT2D eigenvalue weighted by Crippen LogP contribution is -2.31. The molecule has 0 bridgehead atoms. The van der Waals surface area contributed by atoms with Crippen LogP contribution in [0.3, 0.4) is 0 Å². The number of nitrogens with zero attached hydrogens (tertiary/aromatic N) is 4. The van der Waals surface area contributed by atoms with Crippen molar-refractivity contribution in [3.63, 3.8) is 0 Å². The van der Waals surface area contributed by atoms with Crippen LogP contribution >= 0.6 is 0 Å². The van der Waals surface area contributed by atoms with Crippen LogP contribution in [0.25, 0.3) is 22.3 Å². The van der Waals surface area contributed by atoms with Gasteiger partial charge in [-0.3, -0.25) is 4.40 Å². The highest BCUT2D eigenvalue weighted by Gasteiger charge is 2.18. The van der Waals surface area contributed by atoms with Gasteiger partial charge in [0, 0.05) is 12.4 Å². The van der Waals surface area contributed by atoms with Gasteiger partial charge in [-0.15, -0.1) is 0 Å². The molecule has 0 saturated carbocycles. The van der Waals surface area contributed by atoms with Gasteiger partial charge in [0.25, 0.3) is 0 Å². The Morgan fingerprint density at radius 3 is 2.67 bits per heavy atom. The molecule has 4 nitrogen and oxygen atoms in total. The predicted molar refractivity (Wildman–Crippen MR) is 69.5 cm³/mol. The highest BCUT2D eigenvalue weighted by molar-refractivity contribution is 5.84. The van der Waals surface area contributed by atoms with Gasteiger partial charge in [-0.2, -0.15) is 4.40 Å². The average molecular weight is 237 g/mol. The van der Waals surface area contributed by atoms with E-state index in [-0.39, 0.29) is 0 Å². The Morgan fingerprint density at radius 1 is 1.11 bits per heavy atom. The normalized spacial score (nSPS) is 11.8. The molecular weight excluding hydrogens is 224 g/mol. The summed E-state index contributed by atoms with van der Waals surface area (Å²) in [7, 11) is 0. The molecule has 0 radical (unpaired) electrons. The first kappa shape index (κ1) is 9.65. The third-order valence-corrected chi connectivity index (χ3v) is 3.48. The Labute approximate surface area is 104 Å². The standard InChI is InChI=1S/C14H13N4/c1-2-16-9-10-18-12-6-4-3-5-11(12)17-8-7-15-13(17)14(16)18/h3-10H,2H2,1H3/q+1. The third-order valence-electron chi connectivity index (χ3n) is 3.48. The molecular formula is C14H13N4+. The van der Waals surface area contributed by atoms with Gasteiger partial charge in [-0.05, 0) is 19.1 Å². The van der Waals surface area contributed by atoms with Gasteiger partial charge in [-0.1, -0.05) is 12.1 Å². The second-order valence-corrected chi connectivity index (χ2v) is 4.39. The van der Waals surface area contributed by atoms with E-state index in [9.17, 15) is 0 Å². The maximum Gasteiger partial charge on any atom is 0.331 e. The molecule has 4 heteroatoms. The number of hydrogen-bond donors (Lipinski definition) is 0. The molecule has 3 heterocycles. The second-order valence-electron chi connectivity index (χ2n) is 4.39. The van der Waals surface area contributed by atoms with Gasteiger partial charge in [-0.25, -0.2) is 9.55 Å². The van der Waals surface area contributed by atoms with Crippen molar-refractivity contribution in [3.05, 3.63) is 49.1 Å². The fourth-order valence-corrected chi connectivity index (χ4v) is 2.65. The Morgan fingerprint density at radius 2 is 1.89 bits per heavy atom. The lowest BCUT2D eigenvalue weighted by molar-refractivity contribution is -0.666. The number of rotatable bonds is 1. The average Bonchev–Trinajstić information content (AvgIpc) is 3.05. The van der Waals surface area contributed by atoms with Crippen LogP contribution in [0.15, 0.2) is 49.1 Å². The van der Waals surface area contributed by atoms with Crippen molar-refractivity contribution in [2.45, 2.75) is 13.5 Å². The molecule has 88 valence electrons. The number of benzene rings is 1. The topological polar surface area (TPSA) is 25.6 Å². The monoisotopic (exact) mass is 237 g/mol. The van der Waals surface area contributed by atoms with E-state index in [4.69, 9.17) is 0 Å². The highest BCUT2D eigenvalue weighted by Crippen LogP contribution is 2.19. The number of imidazole rings is 2. The summed E-state index contributed by atoms with van der Waals surface area (Å²) in [6, 6.07) is 8.40. The van der Waals surface area contributed by atoms with Crippen LogP contribution in [-0.4, -0.2) is 13.8 Å². The van der Waals surface area contributed by atoms with Crippen molar-refractivity contribution in [3.8, 4) is 0 Å². The van der Waals surface area contributed by atoms with Gasteiger partial charge in [0.2, 0.25) is 5.65 Å². The summed E-state index contributed by atoms with van der Waals surface area (Å²) in [4.78, 5) is 4.50. The quantitative estimate of drug-likeness (QED) is 0.465. The van der Waals surface area contributed by atoms with E-state index in [2.05, 4.69) is 61.9 Å². The summed E-state index contributed by atoms with van der Waals surface area (Å²) in [5, 5.41) is 0. The largest absolute Gasteiger partial charge is 0.331 e. The predicted octanol–water partition coefficient (Wildman–Crippen LogP) is 2.05. The van der Waals surface area contributed by atoms with E-state index < -0.39 is 0 Å². The summed E-state index contributed by atoms with van der Waals surface area (Å²) >= 11 is 0. The van der Waals surface area contributed by atoms with Crippen molar-refractivity contribution < 1.29 is 4.57 Å². The van der Waals surface area contributed by atoms with Crippen molar-refractivity contribution in [1.29, 1.82) is 0 Å². The number of fused-ring (bicyclic) bond motifs is 6. The fraction of sp³-hybridized carbons (Fsp3) is 0.143. The molecule has 0 aliphatic rings. The van der Waals surface area contributed by atoms with E-state index in [0.29, 0.717) is 0 Å². The van der Waals surface area contributed by atoms with Crippen molar-refractivity contribution in [2.24, 2.45) is 0 Å². The minimum absolute atomic E-state index is 0.942. The lowest BCUT2D eigenvalue weighted by atomic mass is 10.3. The van der Waals surface area contributed by atoms with Crippen molar-refractivity contribution in [1.82, 2.24) is 13.8 Å². The van der Waals surface area contributed by atoms with Crippen LogP contribution in [0.4, 0.5) is 0 Å². The number of para-hydroxylation sites is 2. The molecule has 0 atom stereocenters. The summed E-state index contributed by atoms with van der Waals surface area (Å²) in [6.07, 6.45) is 8.09. The van der Waals surface area contributed by atoms with Gasteiger partial charge in [0.05, 0.1) is 12.1 Å². The molecule has 0 unspecified atom stereocenters. The summed E-state index contributed by atoms with van der Waals surface area (Å²) in [5.74, 6) is 0. The molecule has 0 saturated heterocycles. The number of aryl methyl sites for hydroxylation is 1. The zero-order valence-electron chi connectivity index (χ0n) is 10.1. The van der Waals surface area contributed by atoms with Crippen LogP contribution in [0.2, 0.25) is 0 Å². The van der Waals surface area contributed by atoms with E-state index in [1.807, 2.05) is 12.4 Å². The molecule has 4 rings (SSSR count). The van der Waals surface area contributed by atoms with E-state index in [1.54, 1.807) is 0 Å². The molecule has 18 heavy (non-hydrogen) atoms. The lowest BCUT2D eigenvalue weighted by Gasteiger charge is -2.02. The third kappa shape index (κ3) is 1.05. The maximum absolute atomic E-state index is 4.50. The second kappa shape index (κ2) is 3.32. The summed E-state index contributed by atoms with van der Waals surface area (Å²) in [5.41, 5.74) is 4.52. The van der Waals surface area contributed by atoms with Crippen LogP contribution < -0.4 is 4.57 Å². The van der Waals surface area contributed by atoms with Gasteiger partial charge < -0.3 is 0 Å². The fourth-order valence-electron chi connectivity index (χ4n) is 2.65. The van der Waals surface area contributed by atoms with Gasteiger partial charge in [0.1, 0.15) is 12.4 Å². The molecule has 4 aromatic rings. The maximum atomic E-state index is 4.50. The van der Waals surface area contributed by atoms with Gasteiger partial charge >= 0.3 is 5.65 Å². The summed E-state index contributed by atoms with van der Waals surface area (Å²) in [6.45, 7) is 3.09. The van der Waals surface area contributed by atoms with Crippen LogP contribution in [-0.2, 0) is 6.54 Å². The number of hydrogen-bond acceptors (Lipinski definition) is 1. The molecule has 1 aromatic carbocycles. The first-order valence-corrected chi connectivity index (χ1v) is 6.14. The van der Waals surface area contributed by atoms with Crippen LogP contribution in [0.1, 0.15) is 6.92 Å². The number of aromatic nitrogens is 4. The van der Waals surface area contributed by atoms with E-state index in [0.717, 1.165) is 17.8 Å². The van der Waals surface area contributed by atoms with Crippen LogP contribution in [0.5, 0.6) is 0 Å². The van der Waals surface area contributed by atoms with Crippen molar-refractivity contribution in [2.75, 3.05) is 0 Å².